The molecule has 0 spiro atoms. The second-order valence-corrected chi connectivity index (χ2v) is 8.69. The summed E-state index contributed by atoms with van der Waals surface area (Å²) in [5, 5.41) is 7.57. The number of imidazole rings is 1. The van der Waals surface area contributed by atoms with Crippen molar-refractivity contribution in [2.75, 3.05) is 56.6 Å². The van der Waals surface area contributed by atoms with Gasteiger partial charge >= 0.3 is 12.1 Å². The van der Waals surface area contributed by atoms with Gasteiger partial charge in [0.15, 0.2) is 11.5 Å². The molecule has 13 heteroatoms. The van der Waals surface area contributed by atoms with Crippen molar-refractivity contribution in [2.45, 2.75) is 26.1 Å². The minimum atomic E-state index is -4.49. The van der Waals surface area contributed by atoms with E-state index in [1.807, 2.05) is 4.90 Å². The molecule has 10 nitrogen and oxygen atoms in total. The van der Waals surface area contributed by atoms with Gasteiger partial charge in [-0.1, -0.05) is 12.1 Å². The number of nitrogen functional groups attached to an aromatic ring is 1. The van der Waals surface area contributed by atoms with Crippen LogP contribution >= 0.6 is 0 Å². The molecule has 1 fully saturated rings. The lowest BCUT2D eigenvalue weighted by molar-refractivity contribution is -0.144. The summed E-state index contributed by atoms with van der Waals surface area (Å²) < 4.78 is 53.0. The molecule has 3 aromatic rings. The average Bonchev–Trinajstić information content (AvgIpc) is 3.21. The van der Waals surface area contributed by atoms with Gasteiger partial charge in [-0.3, -0.25) is 4.79 Å². The van der Waals surface area contributed by atoms with E-state index in [9.17, 15) is 18.0 Å². The zero-order chi connectivity index (χ0) is 26.6. The van der Waals surface area contributed by atoms with Gasteiger partial charge < -0.3 is 31.2 Å². The molecule has 1 aliphatic heterocycles. The van der Waals surface area contributed by atoms with Crippen molar-refractivity contribution in [3.8, 4) is 0 Å². The number of carbonyl (C=O) groups excluding carboxylic acids is 1. The first-order valence-electron chi connectivity index (χ1n) is 11.9. The zero-order valence-electron chi connectivity index (χ0n) is 20.5. The molecule has 5 N–H and O–H groups in total. The van der Waals surface area contributed by atoms with Gasteiger partial charge in [0, 0.05) is 38.7 Å². The number of morpholine rings is 1. The van der Waals surface area contributed by atoms with Crippen LogP contribution in [-0.2, 0) is 33.5 Å². The molecule has 1 aliphatic rings. The van der Waals surface area contributed by atoms with E-state index < -0.39 is 17.7 Å². The summed E-state index contributed by atoms with van der Waals surface area (Å²) in [6.45, 7) is 4.36. The number of alkyl halides is 3. The Hall–Kier alpha value is -3.42. The van der Waals surface area contributed by atoms with Gasteiger partial charge in [-0.15, -0.1) is 5.10 Å². The first-order chi connectivity index (χ1) is 17.7. The molecule has 0 bridgehead atoms. The fourth-order valence-corrected chi connectivity index (χ4v) is 4.21. The Bertz CT molecular complexity index is 1260. The molecule has 0 radical (unpaired) electrons. The first kappa shape index (κ1) is 26.6. The normalized spacial score (nSPS) is 14.4. The number of esters is 1. The van der Waals surface area contributed by atoms with Crippen molar-refractivity contribution < 1.29 is 27.4 Å². The van der Waals surface area contributed by atoms with Crippen LogP contribution < -0.4 is 21.7 Å². The molecule has 2 aromatic heterocycles. The van der Waals surface area contributed by atoms with Gasteiger partial charge in [0.2, 0.25) is 0 Å². The van der Waals surface area contributed by atoms with Gasteiger partial charge in [-0.05, 0) is 24.1 Å². The van der Waals surface area contributed by atoms with Crippen LogP contribution in [0.25, 0.3) is 5.65 Å². The van der Waals surface area contributed by atoms with Crippen LogP contribution in [-0.4, -0.2) is 66.5 Å². The number of aromatic nitrogens is 3. The van der Waals surface area contributed by atoms with E-state index in [1.165, 1.54) is 17.5 Å². The number of halogens is 3. The Kier molecular flexibility index (Phi) is 8.15. The summed E-state index contributed by atoms with van der Waals surface area (Å²) in [5.41, 5.74) is 13.1. The highest BCUT2D eigenvalue weighted by Crippen LogP contribution is 2.34. The van der Waals surface area contributed by atoms with Gasteiger partial charge in [-0.25, -0.2) is 9.50 Å². The third kappa shape index (κ3) is 6.12. The molecule has 0 atom stereocenters. The highest BCUT2D eigenvalue weighted by atomic mass is 19.4. The van der Waals surface area contributed by atoms with E-state index in [0.29, 0.717) is 73.5 Å². The van der Waals surface area contributed by atoms with Crippen LogP contribution in [0.4, 0.5) is 24.7 Å². The maximum atomic E-state index is 13.6. The van der Waals surface area contributed by atoms with Crippen LogP contribution in [0.2, 0.25) is 0 Å². The summed E-state index contributed by atoms with van der Waals surface area (Å²) in [7, 11) is 0. The highest BCUT2D eigenvalue weighted by Gasteiger charge is 2.33. The van der Waals surface area contributed by atoms with Crippen molar-refractivity contribution in [1.82, 2.24) is 19.9 Å². The molecule has 0 saturated carbocycles. The smallest absolute Gasteiger partial charge is 0.416 e. The summed E-state index contributed by atoms with van der Waals surface area (Å²) in [5.74, 6) is 0.0869. The predicted octanol–water partition coefficient (Wildman–Crippen LogP) is 1.66. The van der Waals surface area contributed by atoms with Crippen molar-refractivity contribution in [1.29, 1.82) is 0 Å². The summed E-state index contributed by atoms with van der Waals surface area (Å²) in [6.07, 6.45) is -4.41. The van der Waals surface area contributed by atoms with Crippen LogP contribution in [0.15, 0.2) is 24.3 Å². The van der Waals surface area contributed by atoms with Crippen LogP contribution in [0.1, 0.15) is 28.1 Å². The molecular formula is C24H30F3N7O3. The molecule has 0 unspecified atom stereocenters. The van der Waals surface area contributed by atoms with Gasteiger partial charge in [0.1, 0.15) is 12.3 Å². The molecule has 1 aromatic carbocycles. The monoisotopic (exact) mass is 521 g/mol. The lowest BCUT2D eigenvalue weighted by Crippen LogP contribution is -2.37. The minimum absolute atomic E-state index is 0.0335. The number of carbonyl (C=O) groups is 1. The molecule has 0 aliphatic carbocycles. The third-order valence-corrected chi connectivity index (χ3v) is 6.18. The van der Waals surface area contributed by atoms with Gasteiger partial charge in [-0.2, -0.15) is 13.2 Å². The van der Waals surface area contributed by atoms with E-state index in [2.05, 4.69) is 10.3 Å². The molecule has 200 valence electrons. The maximum Gasteiger partial charge on any atom is 0.416 e. The minimum Gasteiger partial charge on any atom is -0.458 e. The number of rotatable bonds is 9. The summed E-state index contributed by atoms with van der Waals surface area (Å²) in [4.78, 5) is 18.7. The molecule has 1 saturated heterocycles. The molecule has 3 heterocycles. The number of fused-ring (bicyclic) bond motifs is 1. The van der Waals surface area contributed by atoms with Crippen molar-refractivity contribution >= 4 is 23.1 Å². The number of hydrogen-bond donors (Lipinski definition) is 3. The molecule has 37 heavy (non-hydrogen) atoms. The molecule has 4 rings (SSSR count). The summed E-state index contributed by atoms with van der Waals surface area (Å²) >= 11 is 0. The maximum absolute atomic E-state index is 13.6. The van der Waals surface area contributed by atoms with E-state index in [0.717, 1.165) is 6.07 Å². The van der Waals surface area contributed by atoms with Crippen molar-refractivity contribution in [3.63, 3.8) is 0 Å². The van der Waals surface area contributed by atoms with E-state index >= 15 is 0 Å². The zero-order valence-corrected chi connectivity index (χ0v) is 20.5. The predicted molar refractivity (Wildman–Crippen MR) is 131 cm³/mol. The Morgan fingerprint density at radius 2 is 2.03 bits per heavy atom. The Morgan fingerprint density at radius 1 is 1.27 bits per heavy atom. The number of ether oxygens (including phenoxy) is 2. The van der Waals surface area contributed by atoms with E-state index in [4.69, 9.17) is 26.0 Å². The second-order valence-electron chi connectivity index (χ2n) is 8.69. The topological polar surface area (TPSA) is 133 Å². The van der Waals surface area contributed by atoms with Crippen LogP contribution in [0.3, 0.4) is 0 Å². The Labute approximate surface area is 211 Å². The molecule has 0 amide bonds. The Morgan fingerprint density at radius 3 is 2.73 bits per heavy atom. The highest BCUT2D eigenvalue weighted by molar-refractivity contribution is 5.72. The van der Waals surface area contributed by atoms with E-state index in [-0.39, 0.29) is 25.1 Å². The fourth-order valence-electron chi connectivity index (χ4n) is 4.21. The fraction of sp³-hybridized carbons (Fsp3) is 0.458. The quantitative estimate of drug-likeness (QED) is 0.284. The van der Waals surface area contributed by atoms with Gasteiger partial charge in [0.05, 0.1) is 36.7 Å². The lowest BCUT2D eigenvalue weighted by atomic mass is 9.98. The van der Waals surface area contributed by atoms with Crippen molar-refractivity contribution in [2.24, 2.45) is 5.73 Å². The lowest BCUT2D eigenvalue weighted by Gasteiger charge is -2.27. The van der Waals surface area contributed by atoms with Crippen LogP contribution in [0, 0.1) is 6.92 Å². The molecular weight excluding hydrogens is 491 g/mol. The standard InChI is InChI=1S/C24H30F3N7O3/c1-15-16(3-2-4-17(15)24(25,26)27)11-20-19(14-37-22(35)13-30-6-5-28)31-23-18(29)12-21(32-34(20)23)33-7-9-36-10-8-33/h2-4,12,30H,5-11,13-14,28-29H2,1H3. The number of nitrogens with two attached hydrogens (primary N) is 2. The van der Waals surface area contributed by atoms with Gasteiger partial charge in [0.25, 0.3) is 0 Å². The second kappa shape index (κ2) is 11.3. The first-order valence-corrected chi connectivity index (χ1v) is 11.9. The van der Waals surface area contributed by atoms with Crippen molar-refractivity contribution in [3.05, 3.63) is 52.3 Å². The number of benzene rings is 1. The number of nitrogens with zero attached hydrogens (tertiary/aromatic N) is 4. The third-order valence-electron chi connectivity index (χ3n) is 6.18. The van der Waals surface area contributed by atoms with E-state index in [1.54, 1.807) is 12.1 Å². The number of anilines is 2. The van der Waals surface area contributed by atoms with Crippen LogP contribution in [0.5, 0.6) is 0 Å². The summed E-state index contributed by atoms with van der Waals surface area (Å²) in [6, 6.07) is 5.76. The Balaban J connectivity index is 1.73. The largest absolute Gasteiger partial charge is 0.458 e. The average molecular weight is 522 g/mol. The SMILES string of the molecule is Cc1c(Cc2c(COC(=O)CNCCN)nc3c(N)cc(N4CCOCC4)nn23)cccc1C(F)(F)F. The number of hydrogen-bond acceptors (Lipinski definition) is 9. The number of nitrogens with one attached hydrogen (secondary N) is 1.